The molecule has 0 radical (unpaired) electrons. The maximum Gasteiger partial charge on any atom is 0.269 e. The van der Waals surface area contributed by atoms with Crippen LogP contribution < -0.4 is 5.32 Å². The highest BCUT2D eigenvalue weighted by Gasteiger charge is 2.41. The predicted octanol–water partition coefficient (Wildman–Crippen LogP) is 3.86. The van der Waals surface area contributed by atoms with Crippen LogP contribution in [-0.4, -0.2) is 54.0 Å². The third kappa shape index (κ3) is 5.63. The molecule has 2 aromatic carbocycles. The van der Waals surface area contributed by atoms with E-state index in [1.54, 1.807) is 31.2 Å². The summed E-state index contributed by atoms with van der Waals surface area (Å²) in [4.78, 5) is 40.1. The first kappa shape index (κ1) is 27.0. The molecule has 0 saturated heterocycles. The number of hydrogen-bond donors (Lipinski definition) is 1. The second-order valence-corrected chi connectivity index (χ2v) is 11.0. The number of rotatable bonds is 9. The van der Waals surface area contributed by atoms with E-state index in [4.69, 9.17) is 23.2 Å². The van der Waals surface area contributed by atoms with Crippen LogP contribution in [0.1, 0.15) is 49.5 Å². The number of amides is 3. The van der Waals surface area contributed by atoms with E-state index in [2.05, 4.69) is 5.32 Å². The number of sulfonamides is 1. The van der Waals surface area contributed by atoms with E-state index in [9.17, 15) is 22.8 Å². The topological polar surface area (TPSA) is 104 Å². The van der Waals surface area contributed by atoms with Gasteiger partial charge in [-0.05, 0) is 44.5 Å². The molecular formula is C24H27Cl2N3O5S. The molecule has 35 heavy (non-hydrogen) atoms. The van der Waals surface area contributed by atoms with Crippen LogP contribution in [0.25, 0.3) is 0 Å². The lowest BCUT2D eigenvalue weighted by molar-refractivity contribution is -0.140. The zero-order valence-corrected chi connectivity index (χ0v) is 22.0. The van der Waals surface area contributed by atoms with Gasteiger partial charge in [-0.25, -0.2) is 12.7 Å². The molecule has 2 atom stereocenters. The molecule has 0 spiro atoms. The van der Waals surface area contributed by atoms with Crippen LogP contribution in [0.15, 0.2) is 47.4 Å². The number of hydrogen-bond acceptors (Lipinski definition) is 5. The monoisotopic (exact) mass is 539 g/mol. The Morgan fingerprint density at radius 1 is 1.06 bits per heavy atom. The average molecular weight is 540 g/mol. The van der Waals surface area contributed by atoms with Crippen molar-refractivity contribution in [1.29, 1.82) is 0 Å². The van der Waals surface area contributed by atoms with Crippen molar-refractivity contribution in [3.63, 3.8) is 0 Å². The summed E-state index contributed by atoms with van der Waals surface area (Å²) in [6.07, 6.45) is 0.389. The summed E-state index contributed by atoms with van der Waals surface area (Å²) < 4.78 is 26.4. The maximum absolute atomic E-state index is 13.3. The molecule has 1 aliphatic rings. The Kier molecular flexibility index (Phi) is 8.46. The summed E-state index contributed by atoms with van der Waals surface area (Å²) in [6, 6.07) is 9.83. The second-order valence-electron chi connectivity index (χ2n) is 8.34. The molecule has 8 nitrogen and oxygen atoms in total. The van der Waals surface area contributed by atoms with Crippen molar-refractivity contribution in [2.24, 2.45) is 0 Å². The van der Waals surface area contributed by atoms with E-state index >= 15 is 0 Å². The molecule has 0 aromatic heterocycles. The normalized spacial score (nSPS) is 15.9. The highest BCUT2D eigenvalue weighted by molar-refractivity contribution is 7.90. The number of benzene rings is 2. The summed E-state index contributed by atoms with van der Waals surface area (Å²) in [7, 11) is -4.05. The molecule has 3 rings (SSSR count). The third-order valence-electron chi connectivity index (χ3n) is 6.00. The van der Waals surface area contributed by atoms with Crippen LogP contribution in [0.4, 0.5) is 0 Å². The Labute approximate surface area is 215 Å². The quantitative estimate of drug-likeness (QED) is 0.520. The van der Waals surface area contributed by atoms with Gasteiger partial charge >= 0.3 is 0 Å². The Hall–Kier alpha value is -2.62. The average Bonchev–Trinajstić information content (AvgIpc) is 3.02. The Morgan fingerprint density at radius 2 is 1.69 bits per heavy atom. The van der Waals surface area contributed by atoms with Crippen molar-refractivity contribution >= 4 is 50.9 Å². The summed E-state index contributed by atoms with van der Waals surface area (Å²) in [5, 5.41) is 3.51. The molecule has 188 valence electrons. The van der Waals surface area contributed by atoms with Gasteiger partial charge in [0.15, 0.2) is 0 Å². The molecule has 0 bridgehead atoms. The number of carbonyl (C=O) groups is 3. The molecule has 1 aliphatic heterocycles. The van der Waals surface area contributed by atoms with Crippen LogP contribution in [0.3, 0.4) is 0 Å². The van der Waals surface area contributed by atoms with Crippen LogP contribution >= 0.6 is 23.2 Å². The third-order valence-corrected chi connectivity index (χ3v) is 8.55. The van der Waals surface area contributed by atoms with Gasteiger partial charge in [-0.1, -0.05) is 48.3 Å². The van der Waals surface area contributed by atoms with Gasteiger partial charge in [0.2, 0.25) is 11.8 Å². The predicted molar refractivity (Wildman–Crippen MR) is 134 cm³/mol. The van der Waals surface area contributed by atoms with Crippen molar-refractivity contribution in [2.75, 3.05) is 6.54 Å². The minimum absolute atomic E-state index is 0.0621. The smallest absolute Gasteiger partial charge is 0.269 e. The molecule has 0 saturated carbocycles. The minimum atomic E-state index is -4.05. The van der Waals surface area contributed by atoms with Crippen molar-refractivity contribution < 1.29 is 22.8 Å². The van der Waals surface area contributed by atoms with Crippen molar-refractivity contribution in [3.05, 3.63) is 63.6 Å². The molecule has 0 aliphatic carbocycles. The van der Waals surface area contributed by atoms with Gasteiger partial charge in [-0.3, -0.25) is 14.4 Å². The highest BCUT2D eigenvalue weighted by atomic mass is 35.5. The van der Waals surface area contributed by atoms with Gasteiger partial charge < -0.3 is 10.2 Å². The lowest BCUT2D eigenvalue weighted by Crippen LogP contribution is -2.50. The molecule has 0 fully saturated rings. The van der Waals surface area contributed by atoms with Crippen LogP contribution in [0.2, 0.25) is 10.0 Å². The van der Waals surface area contributed by atoms with E-state index in [0.29, 0.717) is 26.3 Å². The standard InChI is InChI=1S/C24H27Cl2N3O5S/c1-4-15(2)27-23(31)16(3)28(14-18-19(25)9-7-10-20(18)26)22(30)12-13-29-24(32)17-8-5-6-11-21(17)35(29,33)34/h5-11,15-16H,4,12-14H2,1-3H3,(H,27,31)/t15-,16+/m1/s1. The fourth-order valence-corrected chi connectivity index (χ4v) is 5.78. The maximum atomic E-state index is 13.3. The van der Waals surface area contributed by atoms with Crippen LogP contribution in [-0.2, 0) is 26.2 Å². The van der Waals surface area contributed by atoms with E-state index in [1.165, 1.54) is 23.1 Å². The SMILES string of the molecule is CC[C@@H](C)NC(=O)[C@H](C)N(Cc1c(Cl)cccc1Cl)C(=O)CCN1C(=O)c2ccccc2S1(=O)=O. The van der Waals surface area contributed by atoms with Crippen LogP contribution in [0.5, 0.6) is 0 Å². The molecule has 3 amide bonds. The molecule has 11 heteroatoms. The number of carbonyl (C=O) groups excluding carboxylic acids is 3. The zero-order valence-electron chi connectivity index (χ0n) is 19.6. The van der Waals surface area contributed by atoms with Gasteiger partial charge in [0, 0.05) is 41.2 Å². The van der Waals surface area contributed by atoms with Crippen molar-refractivity contribution in [3.8, 4) is 0 Å². The van der Waals surface area contributed by atoms with Crippen LogP contribution in [0, 0.1) is 0 Å². The van der Waals surface area contributed by atoms with E-state index in [1.807, 2.05) is 13.8 Å². The first-order valence-corrected chi connectivity index (χ1v) is 13.4. The lowest BCUT2D eigenvalue weighted by atomic mass is 10.1. The van der Waals surface area contributed by atoms with E-state index < -0.39 is 27.9 Å². The number of fused-ring (bicyclic) bond motifs is 1. The van der Waals surface area contributed by atoms with Gasteiger partial charge in [-0.15, -0.1) is 0 Å². The largest absolute Gasteiger partial charge is 0.352 e. The molecule has 1 heterocycles. The number of nitrogens with one attached hydrogen (secondary N) is 1. The first-order valence-electron chi connectivity index (χ1n) is 11.2. The fourth-order valence-electron chi connectivity index (χ4n) is 3.69. The fraction of sp³-hybridized carbons (Fsp3) is 0.375. The Morgan fingerprint density at radius 3 is 2.29 bits per heavy atom. The van der Waals surface area contributed by atoms with Gasteiger partial charge in [0.05, 0.1) is 5.56 Å². The highest BCUT2D eigenvalue weighted by Crippen LogP contribution is 2.31. The number of halogens is 2. The minimum Gasteiger partial charge on any atom is -0.352 e. The van der Waals surface area contributed by atoms with Gasteiger partial charge in [0.25, 0.3) is 15.9 Å². The zero-order chi connectivity index (χ0) is 25.9. The Bertz CT molecular complexity index is 1230. The van der Waals surface area contributed by atoms with Gasteiger partial charge in [0.1, 0.15) is 10.9 Å². The molecule has 1 N–H and O–H groups in total. The van der Waals surface area contributed by atoms with Crippen molar-refractivity contribution in [1.82, 2.24) is 14.5 Å². The van der Waals surface area contributed by atoms with Crippen molar-refractivity contribution in [2.45, 2.75) is 57.1 Å². The summed E-state index contributed by atoms with van der Waals surface area (Å²) in [5.41, 5.74) is 0.533. The second kappa shape index (κ2) is 11.0. The summed E-state index contributed by atoms with van der Waals surface area (Å²) in [5.74, 6) is -1.57. The summed E-state index contributed by atoms with van der Waals surface area (Å²) in [6.45, 7) is 4.93. The van der Waals surface area contributed by atoms with E-state index in [-0.39, 0.29) is 41.9 Å². The molecule has 2 aromatic rings. The molecule has 0 unspecified atom stereocenters. The molecular weight excluding hydrogens is 513 g/mol. The lowest BCUT2D eigenvalue weighted by Gasteiger charge is -2.30. The van der Waals surface area contributed by atoms with E-state index in [0.717, 1.165) is 0 Å². The Balaban J connectivity index is 1.84. The van der Waals surface area contributed by atoms with Gasteiger partial charge in [-0.2, -0.15) is 0 Å². The summed E-state index contributed by atoms with van der Waals surface area (Å²) >= 11 is 12.6. The first-order chi connectivity index (χ1) is 16.5. The number of nitrogens with zero attached hydrogens (tertiary/aromatic N) is 2.